The number of hydrogen-bond donors (Lipinski definition) is 1. The number of thioether (sulfide) groups is 1. The van der Waals surface area contributed by atoms with Gasteiger partial charge >= 0.3 is 0 Å². The summed E-state index contributed by atoms with van der Waals surface area (Å²) >= 11 is 7.27. The van der Waals surface area contributed by atoms with Crippen molar-refractivity contribution in [1.29, 1.82) is 0 Å². The van der Waals surface area contributed by atoms with Crippen LogP contribution in [-0.2, 0) is 4.79 Å². The molecule has 0 saturated heterocycles. The number of rotatable bonds is 5. The third-order valence-electron chi connectivity index (χ3n) is 3.50. The Morgan fingerprint density at radius 1 is 1.16 bits per heavy atom. The quantitative estimate of drug-likeness (QED) is 0.679. The van der Waals surface area contributed by atoms with Gasteiger partial charge in [-0.1, -0.05) is 41.6 Å². The highest BCUT2D eigenvalue weighted by molar-refractivity contribution is 7.99. The first-order chi connectivity index (χ1) is 12.0. The molecule has 0 spiro atoms. The average Bonchev–Trinajstić information content (AvgIpc) is 2.94. The van der Waals surface area contributed by atoms with Crippen LogP contribution in [0.5, 0.6) is 0 Å². The van der Waals surface area contributed by atoms with Crippen molar-refractivity contribution < 1.29 is 4.79 Å². The van der Waals surface area contributed by atoms with Gasteiger partial charge in [0.05, 0.1) is 5.75 Å². The molecule has 1 heterocycles. The molecular weight excluding hydrogens is 356 g/mol. The zero-order valence-electron chi connectivity index (χ0n) is 13.9. The van der Waals surface area contributed by atoms with Crippen molar-refractivity contribution in [1.82, 2.24) is 14.8 Å². The third-order valence-corrected chi connectivity index (χ3v) is 4.66. The second kappa shape index (κ2) is 7.72. The van der Waals surface area contributed by atoms with Crippen molar-refractivity contribution in [3.05, 3.63) is 64.9 Å². The summed E-state index contributed by atoms with van der Waals surface area (Å²) in [6.07, 6.45) is 0. The second-order valence-corrected chi connectivity index (χ2v) is 6.93. The van der Waals surface area contributed by atoms with E-state index in [0.29, 0.717) is 15.9 Å². The van der Waals surface area contributed by atoms with E-state index in [1.165, 1.54) is 11.8 Å². The van der Waals surface area contributed by atoms with Crippen molar-refractivity contribution in [2.45, 2.75) is 19.0 Å². The number of aryl methyl sites for hydroxylation is 2. The first kappa shape index (κ1) is 17.5. The molecular formula is C18H17ClN4OS. The molecule has 0 saturated carbocycles. The summed E-state index contributed by atoms with van der Waals surface area (Å²) in [7, 11) is 0. The number of benzene rings is 2. The minimum Gasteiger partial charge on any atom is -0.325 e. The van der Waals surface area contributed by atoms with Crippen LogP contribution >= 0.6 is 23.4 Å². The zero-order valence-corrected chi connectivity index (χ0v) is 15.4. The van der Waals surface area contributed by atoms with Gasteiger partial charge in [0.1, 0.15) is 5.82 Å². The normalized spacial score (nSPS) is 10.7. The standard InChI is InChI=1S/C18H17ClN4OS/c1-12-5-3-8-16(9-12)23-13(2)21-22-18(23)25-11-17(24)20-15-7-4-6-14(19)10-15/h3-10H,11H2,1-2H3,(H,20,24). The molecule has 128 valence electrons. The fourth-order valence-corrected chi connectivity index (χ4v) is 3.38. The van der Waals surface area contributed by atoms with Gasteiger partial charge in [0.15, 0.2) is 5.16 Å². The third kappa shape index (κ3) is 4.41. The van der Waals surface area contributed by atoms with Crippen LogP contribution < -0.4 is 5.32 Å². The van der Waals surface area contributed by atoms with Crippen molar-refractivity contribution in [2.24, 2.45) is 0 Å². The van der Waals surface area contributed by atoms with E-state index < -0.39 is 0 Å². The molecule has 3 rings (SSSR count). The lowest BCUT2D eigenvalue weighted by Crippen LogP contribution is -2.14. The zero-order chi connectivity index (χ0) is 17.8. The smallest absolute Gasteiger partial charge is 0.234 e. The lowest BCUT2D eigenvalue weighted by atomic mass is 10.2. The van der Waals surface area contributed by atoms with Gasteiger partial charge in [-0.3, -0.25) is 9.36 Å². The summed E-state index contributed by atoms with van der Waals surface area (Å²) in [6, 6.07) is 15.2. The Morgan fingerprint density at radius 2 is 1.96 bits per heavy atom. The van der Waals surface area contributed by atoms with Crippen LogP contribution in [0.4, 0.5) is 5.69 Å². The Hall–Kier alpha value is -2.31. The van der Waals surface area contributed by atoms with Gasteiger partial charge < -0.3 is 5.32 Å². The number of aromatic nitrogens is 3. The molecule has 0 atom stereocenters. The molecule has 2 aromatic carbocycles. The SMILES string of the molecule is Cc1cccc(-n2c(C)nnc2SCC(=O)Nc2cccc(Cl)c2)c1. The number of hydrogen-bond acceptors (Lipinski definition) is 4. The van der Waals surface area contributed by atoms with Crippen LogP contribution in [0.25, 0.3) is 5.69 Å². The first-order valence-electron chi connectivity index (χ1n) is 7.70. The van der Waals surface area contributed by atoms with Crippen molar-refractivity contribution in [3.8, 4) is 5.69 Å². The number of anilines is 1. The molecule has 0 aliphatic rings. The Bertz CT molecular complexity index is 910. The average molecular weight is 373 g/mol. The number of nitrogens with zero attached hydrogens (tertiary/aromatic N) is 3. The molecule has 1 aromatic heterocycles. The van der Waals surface area contributed by atoms with Gasteiger partial charge in [-0.05, 0) is 49.7 Å². The molecule has 0 bridgehead atoms. The minimum atomic E-state index is -0.122. The number of amides is 1. The highest BCUT2D eigenvalue weighted by Crippen LogP contribution is 2.23. The van der Waals surface area contributed by atoms with E-state index in [4.69, 9.17) is 11.6 Å². The van der Waals surface area contributed by atoms with Crippen LogP contribution in [-0.4, -0.2) is 26.4 Å². The maximum atomic E-state index is 12.2. The summed E-state index contributed by atoms with van der Waals surface area (Å²) in [6.45, 7) is 3.93. The molecule has 1 N–H and O–H groups in total. The number of carbonyl (C=O) groups excluding carboxylic acids is 1. The molecule has 0 fully saturated rings. The minimum absolute atomic E-state index is 0.122. The Balaban J connectivity index is 1.71. The monoisotopic (exact) mass is 372 g/mol. The van der Waals surface area contributed by atoms with Crippen molar-refractivity contribution in [3.63, 3.8) is 0 Å². The van der Waals surface area contributed by atoms with Crippen LogP contribution in [0.3, 0.4) is 0 Å². The van der Waals surface area contributed by atoms with E-state index in [1.807, 2.05) is 36.6 Å². The van der Waals surface area contributed by atoms with E-state index >= 15 is 0 Å². The fraction of sp³-hybridized carbons (Fsp3) is 0.167. The summed E-state index contributed by atoms with van der Waals surface area (Å²) < 4.78 is 1.95. The molecule has 0 aliphatic carbocycles. The topological polar surface area (TPSA) is 59.8 Å². The van der Waals surface area contributed by atoms with E-state index in [0.717, 1.165) is 17.1 Å². The predicted octanol–water partition coefficient (Wildman–Crippen LogP) is 4.27. The number of nitrogens with one attached hydrogen (secondary N) is 1. The van der Waals surface area contributed by atoms with E-state index in [2.05, 4.69) is 21.6 Å². The van der Waals surface area contributed by atoms with Gasteiger partial charge in [-0.25, -0.2) is 0 Å². The summed E-state index contributed by atoms with van der Waals surface area (Å²) in [5.74, 6) is 0.892. The molecule has 5 nitrogen and oxygen atoms in total. The largest absolute Gasteiger partial charge is 0.325 e. The van der Waals surface area contributed by atoms with E-state index in [9.17, 15) is 4.79 Å². The lowest BCUT2D eigenvalue weighted by Gasteiger charge is -2.09. The molecule has 0 aliphatic heterocycles. The molecule has 3 aromatic rings. The van der Waals surface area contributed by atoms with Crippen LogP contribution in [0.2, 0.25) is 5.02 Å². The first-order valence-corrected chi connectivity index (χ1v) is 9.06. The summed E-state index contributed by atoms with van der Waals surface area (Å²) in [5, 5.41) is 12.4. The Labute approximate surface area is 155 Å². The van der Waals surface area contributed by atoms with Crippen LogP contribution in [0.15, 0.2) is 53.7 Å². The lowest BCUT2D eigenvalue weighted by molar-refractivity contribution is -0.113. The second-order valence-electron chi connectivity index (χ2n) is 5.55. The van der Waals surface area contributed by atoms with Crippen LogP contribution in [0, 0.1) is 13.8 Å². The number of halogens is 1. The van der Waals surface area contributed by atoms with Crippen molar-refractivity contribution >= 4 is 35.0 Å². The van der Waals surface area contributed by atoms with Gasteiger partial charge in [0, 0.05) is 16.4 Å². The molecule has 1 amide bonds. The number of carbonyl (C=O) groups is 1. The van der Waals surface area contributed by atoms with E-state index in [1.54, 1.807) is 24.3 Å². The highest BCUT2D eigenvalue weighted by atomic mass is 35.5. The Morgan fingerprint density at radius 3 is 2.72 bits per heavy atom. The highest BCUT2D eigenvalue weighted by Gasteiger charge is 2.13. The molecule has 0 radical (unpaired) electrons. The van der Waals surface area contributed by atoms with Gasteiger partial charge in [0.2, 0.25) is 5.91 Å². The Kier molecular flexibility index (Phi) is 5.40. The predicted molar refractivity (Wildman–Crippen MR) is 102 cm³/mol. The fourth-order valence-electron chi connectivity index (χ4n) is 2.39. The maximum absolute atomic E-state index is 12.2. The van der Waals surface area contributed by atoms with Gasteiger partial charge in [-0.2, -0.15) is 0 Å². The van der Waals surface area contributed by atoms with Gasteiger partial charge in [-0.15, -0.1) is 10.2 Å². The summed E-state index contributed by atoms with van der Waals surface area (Å²) in [5.41, 5.74) is 2.81. The van der Waals surface area contributed by atoms with Crippen LogP contribution in [0.1, 0.15) is 11.4 Å². The summed E-state index contributed by atoms with van der Waals surface area (Å²) in [4.78, 5) is 12.2. The van der Waals surface area contributed by atoms with E-state index in [-0.39, 0.29) is 11.7 Å². The maximum Gasteiger partial charge on any atom is 0.234 e. The van der Waals surface area contributed by atoms with Crippen molar-refractivity contribution in [2.75, 3.05) is 11.1 Å². The molecule has 0 unspecified atom stereocenters. The molecule has 7 heteroatoms. The molecule has 25 heavy (non-hydrogen) atoms. The van der Waals surface area contributed by atoms with Gasteiger partial charge in [0.25, 0.3) is 0 Å².